The van der Waals surface area contributed by atoms with Gasteiger partial charge in [0.25, 0.3) is 0 Å². The number of benzene rings is 1. The lowest BCUT2D eigenvalue weighted by molar-refractivity contribution is -0.122. The summed E-state index contributed by atoms with van der Waals surface area (Å²) in [5, 5.41) is 6.70. The van der Waals surface area contributed by atoms with Crippen LogP contribution in [0.5, 0.6) is 0 Å². The zero-order valence-electron chi connectivity index (χ0n) is 10.6. The molecule has 1 unspecified atom stereocenters. The first-order valence-electron chi connectivity index (χ1n) is 5.99. The molecule has 0 spiro atoms. The zero-order valence-corrected chi connectivity index (χ0v) is 12.9. The smallest absolute Gasteiger partial charge is 0.236 e. The molecule has 0 aromatic heterocycles. The summed E-state index contributed by atoms with van der Waals surface area (Å²) in [5.41, 5.74) is 1.05. The van der Waals surface area contributed by atoms with Crippen LogP contribution in [0.4, 0.5) is 0 Å². The molecule has 5 heteroatoms. The second-order valence-electron chi connectivity index (χ2n) is 4.14. The number of carbonyl (C=O) groups excluding carboxylic acids is 1. The number of nitrogens with one attached hydrogen (secondary N) is 2. The van der Waals surface area contributed by atoms with Crippen molar-refractivity contribution in [3.63, 3.8) is 0 Å². The van der Waals surface area contributed by atoms with Gasteiger partial charge in [-0.05, 0) is 47.0 Å². The van der Waals surface area contributed by atoms with E-state index in [1.54, 1.807) is 0 Å². The Labute approximate surface area is 121 Å². The molecule has 2 N–H and O–H groups in total. The van der Waals surface area contributed by atoms with Gasteiger partial charge in [0, 0.05) is 17.6 Å². The topological polar surface area (TPSA) is 41.1 Å². The fourth-order valence-electron chi connectivity index (χ4n) is 1.41. The van der Waals surface area contributed by atoms with E-state index in [2.05, 4.69) is 26.6 Å². The highest BCUT2D eigenvalue weighted by Gasteiger charge is 2.11. The van der Waals surface area contributed by atoms with Crippen LogP contribution in [-0.2, 0) is 11.3 Å². The molecule has 1 rings (SSSR count). The van der Waals surface area contributed by atoms with Crippen molar-refractivity contribution >= 4 is 33.4 Å². The molecule has 100 valence electrons. The standard InChI is InChI=1S/C13H18BrClN2O/c1-3-6-16-13(18)9(2)17-8-10-4-5-11(14)12(15)7-10/h4-5,7,9,17H,3,6,8H2,1-2H3,(H,16,18). The van der Waals surface area contributed by atoms with Gasteiger partial charge in [0.05, 0.1) is 11.1 Å². The summed E-state index contributed by atoms with van der Waals surface area (Å²) in [5.74, 6) is 0.0278. The van der Waals surface area contributed by atoms with Crippen LogP contribution < -0.4 is 10.6 Å². The summed E-state index contributed by atoms with van der Waals surface area (Å²) in [4.78, 5) is 11.6. The number of hydrogen-bond acceptors (Lipinski definition) is 2. The molecular weight excluding hydrogens is 316 g/mol. The Hall–Kier alpha value is -0.580. The lowest BCUT2D eigenvalue weighted by atomic mass is 10.2. The van der Waals surface area contributed by atoms with Crippen molar-refractivity contribution in [3.8, 4) is 0 Å². The average molecular weight is 334 g/mol. The highest BCUT2D eigenvalue weighted by molar-refractivity contribution is 9.10. The maximum absolute atomic E-state index is 11.6. The fraction of sp³-hybridized carbons (Fsp3) is 0.462. The maximum Gasteiger partial charge on any atom is 0.236 e. The molecule has 1 aromatic carbocycles. The van der Waals surface area contributed by atoms with Gasteiger partial charge in [-0.15, -0.1) is 0 Å². The first kappa shape index (κ1) is 15.5. The molecule has 1 atom stereocenters. The summed E-state index contributed by atoms with van der Waals surface area (Å²) >= 11 is 9.35. The van der Waals surface area contributed by atoms with Gasteiger partial charge in [0.1, 0.15) is 0 Å². The SMILES string of the molecule is CCCNC(=O)C(C)NCc1ccc(Br)c(Cl)c1. The third-order valence-electron chi connectivity index (χ3n) is 2.54. The predicted molar refractivity (Wildman–Crippen MR) is 78.8 cm³/mol. The van der Waals surface area contributed by atoms with Gasteiger partial charge in [-0.1, -0.05) is 24.6 Å². The van der Waals surface area contributed by atoms with Crippen LogP contribution >= 0.6 is 27.5 Å². The first-order valence-corrected chi connectivity index (χ1v) is 7.16. The van der Waals surface area contributed by atoms with Gasteiger partial charge >= 0.3 is 0 Å². The zero-order chi connectivity index (χ0) is 13.5. The Morgan fingerprint density at radius 1 is 1.50 bits per heavy atom. The number of amides is 1. The Kier molecular flexibility index (Phi) is 6.68. The maximum atomic E-state index is 11.6. The van der Waals surface area contributed by atoms with E-state index < -0.39 is 0 Å². The largest absolute Gasteiger partial charge is 0.355 e. The molecule has 0 fully saturated rings. The minimum Gasteiger partial charge on any atom is -0.355 e. The number of rotatable bonds is 6. The minimum atomic E-state index is -0.209. The van der Waals surface area contributed by atoms with E-state index in [1.807, 2.05) is 32.0 Å². The molecule has 1 aromatic rings. The molecular formula is C13H18BrClN2O. The second-order valence-corrected chi connectivity index (χ2v) is 5.40. The summed E-state index contributed by atoms with van der Waals surface area (Å²) in [6.45, 7) is 5.22. The predicted octanol–water partition coefficient (Wildman–Crippen LogP) is 3.11. The van der Waals surface area contributed by atoms with Crippen molar-refractivity contribution in [2.24, 2.45) is 0 Å². The number of carbonyl (C=O) groups is 1. The molecule has 0 aliphatic heterocycles. The van der Waals surface area contributed by atoms with Gasteiger partial charge in [0.15, 0.2) is 0 Å². The number of hydrogen-bond donors (Lipinski definition) is 2. The van der Waals surface area contributed by atoms with E-state index in [-0.39, 0.29) is 11.9 Å². The summed E-state index contributed by atoms with van der Waals surface area (Å²) < 4.78 is 0.877. The van der Waals surface area contributed by atoms with Crippen molar-refractivity contribution < 1.29 is 4.79 Å². The second kappa shape index (κ2) is 7.77. The molecule has 0 aliphatic rings. The van der Waals surface area contributed by atoms with Crippen molar-refractivity contribution in [2.75, 3.05) is 6.54 Å². The normalized spacial score (nSPS) is 12.2. The molecule has 0 saturated carbocycles. The van der Waals surface area contributed by atoms with E-state index in [0.717, 1.165) is 23.0 Å². The Bertz CT molecular complexity index is 412. The molecule has 0 radical (unpaired) electrons. The highest BCUT2D eigenvalue weighted by atomic mass is 79.9. The fourth-order valence-corrected chi connectivity index (χ4v) is 1.86. The Morgan fingerprint density at radius 2 is 2.22 bits per heavy atom. The van der Waals surface area contributed by atoms with Gasteiger partial charge < -0.3 is 10.6 Å². The van der Waals surface area contributed by atoms with Crippen LogP contribution in [0.25, 0.3) is 0 Å². The third-order valence-corrected chi connectivity index (χ3v) is 3.77. The van der Waals surface area contributed by atoms with Crippen molar-refractivity contribution in [1.82, 2.24) is 10.6 Å². The van der Waals surface area contributed by atoms with Crippen LogP contribution in [0.3, 0.4) is 0 Å². The van der Waals surface area contributed by atoms with Crippen molar-refractivity contribution in [1.29, 1.82) is 0 Å². The molecule has 3 nitrogen and oxygen atoms in total. The molecule has 0 heterocycles. The molecule has 1 amide bonds. The van der Waals surface area contributed by atoms with E-state index >= 15 is 0 Å². The minimum absolute atomic E-state index is 0.0278. The Balaban J connectivity index is 2.44. The first-order chi connectivity index (χ1) is 8.54. The molecule has 18 heavy (non-hydrogen) atoms. The van der Waals surface area contributed by atoms with Crippen LogP contribution in [0, 0.1) is 0 Å². The average Bonchev–Trinajstić information content (AvgIpc) is 2.36. The van der Waals surface area contributed by atoms with Crippen molar-refractivity contribution in [3.05, 3.63) is 33.3 Å². The quantitative estimate of drug-likeness (QED) is 0.840. The van der Waals surface area contributed by atoms with Crippen LogP contribution in [0.2, 0.25) is 5.02 Å². The van der Waals surface area contributed by atoms with Gasteiger partial charge in [-0.2, -0.15) is 0 Å². The number of halogens is 2. The molecule has 0 aliphatic carbocycles. The highest BCUT2D eigenvalue weighted by Crippen LogP contribution is 2.23. The monoisotopic (exact) mass is 332 g/mol. The van der Waals surface area contributed by atoms with Crippen LogP contribution in [-0.4, -0.2) is 18.5 Å². The van der Waals surface area contributed by atoms with E-state index in [4.69, 9.17) is 11.6 Å². The van der Waals surface area contributed by atoms with Crippen molar-refractivity contribution in [2.45, 2.75) is 32.9 Å². The lowest BCUT2D eigenvalue weighted by Gasteiger charge is -2.14. The molecule has 0 saturated heterocycles. The van der Waals surface area contributed by atoms with Crippen LogP contribution in [0.1, 0.15) is 25.8 Å². The summed E-state index contributed by atoms with van der Waals surface area (Å²) in [6, 6.07) is 5.55. The van der Waals surface area contributed by atoms with E-state index in [9.17, 15) is 4.79 Å². The third kappa shape index (κ3) is 4.96. The summed E-state index contributed by atoms with van der Waals surface area (Å²) in [6.07, 6.45) is 0.945. The summed E-state index contributed by atoms with van der Waals surface area (Å²) in [7, 11) is 0. The van der Waals surface area contributed by atoms with Crippen LogP contribution in [0.15, 0.2) is 22.7 Å². The van der Waals surface area contributed by atoms with Gasteiger partial charge in [0.2, 0.25) is 5.91 Å². The Morgan fingerprint density at radius 3 is 2.83 bits per heavy atom. The van der Waals surface area contributed by atoms with E-state index in [1.165, 1.54) is 0 Å². The van der Waals surface area contributed by atoms with Gasteiger partial charge in [-0.3, -0.25) is 4.79 Å². The van der Waals surface area contributed by atoms with E-state index in [0.29, 0.717) is 11.6 Å². The molecule has 0 bridgehead atoms. The van der Waals surface area contributed by atoms with Gasteiger partial charge in [-0.25, -0.2) is 0 Å². The lowest BCUT2D eigenvalue weighted by Crippen LogP contribution is -2.42.